The third-order valence-corrected chi connectivity index (χ3v) is 4.34. The average molecular weight is 316 g/mol. The van der Waals surface area contributed by atoms with E-state index < -0.39 is 17.7 Å². The molecule has 21 heavy (non-hydrogen) atoms. The van der Waals surface area contributed by atoms with Gasteiger partial charge >= 0.3 is 6.09 Å². The first-order chi connectivity index (χ1) is 9.69. The van der Waals surface area contributed by atoms with Crippen molar-refractivity contribution in [3.05, 3.63) is 0 Å². The van der Waals surface area contributed by atoms with E-state index in [1.165, 1.54) is 0 Å². The number of rotatable bonds is 4. The minimum absolute atomic E-state index is 0.00811. The number of thioether (sulfide) groups is 1. The Balaban J connectivity index is 2.55. The van der Waals surface area contributed by atoms with Crippen molar-refractivity contribution in [2.45, 2.75) is 65.1 Å². The van der Waals surface area contributed by atoms with Crippen LogP contribution in [-0.2, 0) is 9.53 Å². The van der Waals surface area contributed by atoms with Gasteiger partial charge in [-0.2, -0.15) is 11.8 Å². The van der Waals surface area contributed by atoms with Crippen LogP contribution in [0.15, 0.2) is 0 Å². The van der Waals surface area contributed by atoms with Crippen LogP contribution in [0.3, 0.4) is 0 Å². The Hall–Kier alpha value is -0.910. The van der Waals surface area contributed by atoms with Crippen LogP contribution in [0, 0.1) is 5.92 Å². The fourth-order valence-electron chi connectivity index (χ4n) is 2.12. The smallest absolute Gasteiger partial charge is 0.408 e. The molecule has 1 heterocycles. The zero-order chi connectivity index (χ0) is 16.0. The Bertz CT molecular complexity index is 360. The largest absolute Gasteiger partial charge is 0.444 e. The molecule has 0 aliphatic carbocycles. The van der Waals surface area contributed by atoms with Gasteiger partial charge < -0.3 is 15.4 Å². The van der Waals surface area contributed by atoms with Crippen LogP contribution >= 0.6 is 11.8 Å². The molecule has 1 fully saturated rings. The van der Waals surface area contributed by atoms with Crippen molar-refractivity contribution in [2.24, 2.45) is 5.92 Å². The van der Waals surface area contributed by atoms with E-state index in [0.29, 0.717) is 0 Å². The Morgan fingerprint density at radius 1 is 1.29 bits per heavy atom. The molecule has 0 aromatic carbocycles. The van der Waals surface area contributed by atoms with Gasteiger partial charge in [0.15, 0.2) is 0 Å². The summed E-state index contributed by atoms with van der Waals surface area (Å²) in [5, 5.41) is 5.72. The molecular formula is C15H28N2O3S. The second kappa shape index (κ2) is 7.92. The summed E-state index contributed by atoms with van der Waals surface area (Å²) in [6.45, 7) is 9.23. The van der Waals surface area contributed by atoms with Crippen molar-refractivity contribution >= 4 is 23.8 Å². The van der Waals surface area contributed by atoms with E-state index >= 15 is 0 Å². The zero-order valence-corrected chi connectivity index (χ0v) is 14.5. The molecule has 1 aliphatic rings. The third kappa shape index (κ3) is 7.07. The van der Waals surface area contributed by atoms with Crippen LogP contribution < -0.4 is 10.6 Å². The maximum atomic E-state index is 12.4. The molecule has 2 amide bonds. The molecule has 5 nitrogen and oxygen atoms in total. The van der Waals surface area contributed by atoms with E-state index in [1.54, 1.807) is 20.8 Å². The highest BCUT2D eigenvalue weighted by Crippen LogP contribution is 2.17. The topological polar surface area (TPSA) is 67.4 Å². The molecule has 0 aromatic rings. The molecule has 122 valence electrons. The molecule has 0 spiro atoms. The van der Waals surface area contributed by atoms with Crippen LogP contribution in [0.5, 0.6) is 0 Å². The van der Waals surface area contributed by atoms with Gasteiger partial charge in [-0.1, -0.05) is 13.8 Å². The lowest BCUT2D eigenvalue weighted by molar-refractivity contribution is -0.124. The molecule has 1 aliphatic heterocycles. The normalized spacial score (nSPS) is 20.8. The zero-order valence-electron chi connectivity index (χ0n) is 13.7. The van der Waals surface area contributed by atoms with E-state index in [2.05, 4.69) is 10.6 Å². The second-order valence-corrected chi connectivity index (χ2v) is 7.94. The number of alkyl carbamates (subject to hydrolysis) is 1. The first-order valence-electron chi connectivity index (χ1n) is 7.56. The van der Waals surface area contributed by atoms with E-state index in [1.807, 2.05) is 25.6 Å². The summed E-state index contributed by atoms with van der Waals surface area (Å²) >= 11 is 1.86. The average Bonchev–Trinajstić information content (AvgIpc) is 2.34. The number of carbonyl (C=O) groups excluding carboxylic acids is 2. The molecule has 2 N–H and O–H groups in total. The summed E-state index contributed by atoms with van der Waals surface area (Å²) < 4.78 is 5.22. The van der Waals surface area contributed by atoms with Crippen molar-refractivity contribution in [3.63, 3.8) is 0 Å². The third-order valence-electron chi connectivity index (χ3n) is 3.13. The number of hydrogen-bond donors (Lipinski definition) is 2. The molecule has 0 aromatic heterocycles. The van der Waals surface area contributed by atoms with Crippen LogP contribution in [0.1, 0.15) is 47.5 Å². The second-order valence-electron chi connectivity index (χ2n) is 6.79. The highest BCUT2D eigenvalue weighted by molar-refractivity contribution is 7.99. The highest BCUT2D eigenvalue weighted by atomic mass is 32.2. The highest BCUT2D eigenvalue weighted by Gasteiger charge is 2.28. The van der Waals surface area contributed by atoms with Crippen LogP contribution in [-0.4, -0.2) is 41.2 Å². The predicted molar refractivity (Wildman–Crippen MR) is 86.5 cm³/mol. The van der Waals surface area contributed by atoms with Crippen molar-refractivity contribution in [1.29, 1.82) is 0 Å². The minimum atomic E-state index is -0.567. The number of ether oxygens (including phenoxy) is 1. The van der Waals surface area contributed by atoms with E-state index in [-0.39, 0.29) is 17.9 Å². The standard InChI is InChI=1S/C15H28N2O3S/c1-10(2)12(17-14(19)20-15(3,4)5)13(18)16-11-7-6-8-21-9-11/h10-12H,6-9H2,1-5H3,(H,16,18)(H,17,19). The first-order valence-corrected chi connectivity index (χ1v) is 8.72. The Labute approximate surface area is 132 Å². The van der Waals surface area contributed by atoms with Crippen LogP contribution in [0.25, 0.3) is 0 Å². The van der Waals surface area contributed by atoms with E-state index in [0.717, 1.165) is 24.3 Å². The predicted octanol–water partition coefficient (Wildman–Crippen LogP) is 2.55. The van der Waals surface area contributed by atoms with Gasteiger partial charge in [0, 0.05) is 11.8 Å². The fourth-order valence-corrected chi connectivity index (χ4v) is 3.19. The maximum Gasteiger partial charge on any atom is 0.408 e. The molecule has 2 atom stereocenters. The van der Waals surface area contributed by atoms with E-state index in [9.17, 15) is 9.59 Å². The van der Waals surface area contributed by atoms with Gasteiger partial charge in [-0.05, 0) is 45.3 Å². The van der Waals surface area contributed by atoms with Crippen molar-refractivity contribution < 1.29 is 14.3 Å². The SMILES string of the molecule is CC(C)C(NC(=O)OC(C)(C)C)C(=O)NC1CCCSC1. The molecule has 6 heteroatoms. The van der Waals surface area contributed by atoms with Crippen LogP contribution in [0.2, 0.25) is 0 Å². The Kier molecular flexibility index (Phi) is 6.84. The lowest BCUT2D eigenvalue weighted by atomic mass is 10.0. The summed E-state index contributed by atoms with van der Waals surface area (Å²) in [6.07, 6.45) is 1.59. The molecule has 0 radical (unpaired) electrons. The summed E-state index contributed by atoms with van der Waals surface area (Å²) in [6, 6.07) is -0.357. The molecule has 0 bridgehead atoms. The van der Waals surface area contributed by atoms with Crippen molar-refractivity contribution in [3.8, 4) is 0 Å². The number of nitrogens with one attached hydrogen (secondary N) is 2. The summed E-state index contributed by atoms with van der Waals surface area (Å²) in [4.78, 5) is 24.2. The Morgan fingerprint density at radius 2 is 1.95 bits per heavy atom. The molecule has 1 rings (SSSR count). The molecular weight excluding hydrogens is 288 g/mol. The van der Waals surface area contributed by atoms with E-state index in [4.69, 9.17) is 4.74 Å². The quantitative estimate of drug-likeness (QED) is 0.836. The number of hydrogen-bond acceptors (Lipinski definition) is 4. The lowest BCUT2D eigenvalue weighted by Crippen LogP contribution is -2.53. The van der Waals surface area contributed by atoms with Gasteiger partial charge in [-0.25, -0.2) is 4.79 Å². The lowest BCUT2D eigenvalue weighted by Gasteiger charge is -2.28. The summed E-state index contributed by atoms with van der Waals surface area (Å²) in [5.74, 6) is 2.00. The van der Waals surface area contributed by atoms with Crippen molar-refractivity contribution in [1.82, 2.24) is 10.6 Å². The minimum Gasteiger partial charge on any atom is -0.444 e. The summed E-state index contributed by atoms with van der Waals surface area (Å²) in [5.41, 5.74) is -0.567. The maximum absolute atomic E-state index is 12.4. The number of carbonyl (C=O) groups is 2. The molecule has 2 unspecified atom stereocenters. The molecule has 1 saturated heterocycles. The van der Waals surface area contributed by atoms with Gasteiger partial charge in [0.25, 0.3) is 0 Å². The first kappa shape index (κ1) is 18.1. The Morgan fingerprint density at radius 3 is 2.43 bits per heavy atom. The van der Waals surface area contributed by atoms with Gasteiger partial charge in [-0.15, -0.1) is 0 Å². The van der Waals surface area contributed by atoms with Crippen molar-refractivity contribution in [2.75, 3.05) is 11.5 Å². The van der Waals surface area contributed by atoms with Gasteiger partial charge in [0.05, 0.1) is 0 Å². The van der Waals surface area contributed by atoms with Crippen LogP contribution in [0.4, 0.5) is 4.79 Å². The monoisotopic (exact) mass is 316 g/mol. The van der Waals surface area contributed by atoms with Gasteiger partial charge in [-0.3, -0.25) is 4.79 Å². The number of amides is 2. The fraction of sp³-hybridized carbons (Fsp3) is 0.867. The van der Waals surface area contributed by atoms with Gasteiger partial charge in [0.2, 0.25) is 5.91 Å². The van der Waals surface area contributed by atoms with Gasteiger partial charge in [0.1, 0.15) is 11.6 Å². The summed E-state index contributed by atoms with van der Waals surface area (Å²) in [7, 11) is 0. The molecule has 0 saturated carbocycles.